The summed E-state index contributed by atoms with van der Waals surface area (Å²) in [4.78, 5) is 14.0. The van der Waals surface area contributed by atoms with Crippen LogP contribution in [0, 0.1) is 17.8 Å². The maximum Gasteiger partial charge on any atom is 0.410 e. The summed E-state index contributed by atoms with van der Waals surface area (Å²) < 4.78 is 5.42. The van der Waals surface area contributed by atoms with Crippen molar-refractivity contribution in [2.24, 2.45) is 17.8 Å². The molecule has 1 aliphatic heterocycles. The molecule has 2 unspecified atom stereocenters. The van der Waals surface area contributed by atoms with Crippen molar-refractivity contribution in [1.82, 2.24) is 4.90 Å². The summed E-state index contributed by atoms with van der Waals surface area (Å²) in [6.45, 7) is 8.73. The minimum absolute atomic E-state index is 0.171. The summed E-state index contributed by atoms with van der Waals surface area (Å²) in [5.74, 6) is 1.83. The number of carbonyl (C=O) groups excluding carboxylic acids is 1. The fourth-order valence-corrected chi connectivity index (χ4v) is 3.04. The molecule has 0 aliphatic carbocycles. The molecule has 1 saturated heterocycles. The molecule has 3 heteroatoms. The molecule has 1 aromatic carbocycles. The summed E-state index contributed by atoms with van der Waals surface area (Å²) in [5.41, 5.74) is 1.03. The lowest BCUT2D eigenvalue weighted by molar-refractivity contribution is 0.102. The topological polar surface area (TPSA) is 29.5 Å². The van der Waals surface area contributed by atoms with Crippen LogP contribution in [-0.2, 0) is 11.3 Å². The zero-order valence-electron chi connectivity index (χ0n) is 12.7. The molecule has 1 heterocycles. The monoisotopic (exact) mass is 275 g/mol. The van der Waals surface area contributed by atoms with E-state index in [4.69, 9.17) is 4.74 Å². The van der Waals surface area contributed by atoms with Crippen LogP contribution in [0.15, 0.2) is 30.3 Å². The van der Waals surface area contributed by atoms with Crippen molar-refractivity contribution in [3.8, 4) is 0 Å². The van der Waals surface area contributed by atoms with E-state index in [1.807, 2.05) is 35.2 Å². The van der Waals surface area contributed by atoms with Crippen LogP contribution in [0.25, 0.3) is 0 Å². The second kappa shape index (κ2) is 6.78. The average molecular weight is 275 g/mol. The van der Waals surface area contributed by atoms with Crippen molar-refractivity contribution in [1.29, 1.82) is 0 Å². The first-order chi connectivity index (χ1) is 9.61. The van der Waals surface area contributed by atoms with Gasteiger partial charge in [-0.1, -0.05) is 57.5 Å². The van der Waals surface area contributed by atoms with Gasteiger partial charge in [-0.05, 0) is 23.3 Å². The predicted octanol–water partition coefficient (Wildman–Crippen LogP) is 3.94. The van der Waals surface area contributed by atoms with Crippen LogP contribution >= 0.6 is 0 Å². The number of benzene rings is 1. The van der Waals surface area contributed by atoms with Gasteiger partial charge in [0.15, 0.2) is 0 Å². The highest BCUT2D eigenvalue weighted by atomic mass is 16.6. The van der Waals surface area contributed by atoms with Gasteiger partial charge in [0.05, 0.1) is 0 Å². The summed E-state index contributed by atoms with van der Waals surface area (Å²) in [7, 11) is 0. The standard InChI is InChI=1S/C17H25NO2/c1-4-15-10-18(11-16(15)13(2)3)17(19)20-12-14-8-6-5-7-9-14/h5-9,13,15-16H,4,10-12H2,1-3H3. The van der Waals surface area contributed by atoms with E-state index in [2.05, 4.69) is 20.8 Å². The Morgan fingerprint density at radius 3 is 2.55 bits per heavy atom. The summed E-state index contributed by atoms with van der Waals surface area (Å²) in [5, 5.41) is 0. The second-order valence-corrected chi connectivity index (χ2v) is 6.02. The second-order valence-electron chi connectivity index (χ2n) is 6.02. The van der Waals surface area contributed by atoms with Gasteiger partial charge in [0.2, 0.25) is 0 Å². The molecule has 0 saturated carbocycles. The molecular weight excluding hydrogens is 250 g/mol. The number of nitrogens with zero attached hydrogens (tertiary/aromatic N) is 1. The fraction of sp³-hybridized carbons (Fsp3) is 0.588. The van der Waals surface area contributed by atoms with Gasteiger partial charge in [-0.3, -0.25) is 0 Å². The third-order valence-corrected chi connectivity index (χ3v) is 4.34. The highest BCUT2D eigenvalue weighted by molar-refractivity contribution is 5.68. The smallest absolute Gasteiger partial charge is 0.410 e. The number of likely N-dealkylation sites (tertiary alicyclic amines) is 1. The molecule has 1 amide bonds. The number of amides is 1. The average Bonchev–Trinajstić information content (AvgIpc) is 2.90. The number of hydrogen-bond acceptors (Lipinski definition) is 2. The largest absolute Gasteiger partial charge is 0.445 e. The third kappa shape index (κ3) is 3.53. The molecule has 0 radical (unpaired) electrons. The van der Waals surface area contributed by atoms with Gasteiger partial charge >= 0.3 is 6.09 Å². The Balaban J connectivity index is 1.87. The van der Waals surface area contributed by atoms with E-state index < -0.39 is 0 Å². The molecule has 0 N–H and O–H groups in total. The van der Waals surface area contributed by atoms with Crippen LogP contribution in [0.5, 0.6) is 0 Å². The first-order valence-electron chi connectivity index (χ1n) is 7.57. The highest BCUT2D eigenvalue weighted by Gasteiger charge is 2.36. The number of carbonyl (C=O) groups is 1. The van der Waals surface area contributed by atoms with Crippen LogP contribution in [-0.4, -0.2) is 24.1 Å². The molecule has 0 aromatic heterocycles. The quantitative estimate of drug-likeness (QED) is 0.833. The van der Waals surface area contributed by atoms with Crippen LogP contribution in [0.2, 0.25) is 0 Å². The molecular formula is C17H25NO2. The number of ether oxygens (including phenoxy) is 1. The normalized spacial score (nSPS) is 22.3. The Labute approximate surface area is 121 Å². The van der Waals surface area contributed by atoms with Gasteiger partial charge in [-0.15, -0.1) is 0 Å². The van der Waals surface area contributed by atoms with Crippen LogP contribution in [0.1, 0.15) is 32.8 Å². The van der Waals surface area contributed by atoms with Gasteiger partial charge in [-0.2, -0.15) is 0 Å². The van der Waals surface area contributed by atoms with E-state index in [1.54, 1.807) is 0 Å². The first kappa shape index (κ1) is 14.9. The molecule has 0 spiro atoms. The van der Waals surface area contributed by atoms with Gasteiger partial charge < -0.3 is 9.64 Å². The van der Waals surface area contributed by atoms with Crippen molar-refractivity contribution >= 4 is 6.09 Å². The van der Waals surface area contributed by atoms with Gasteiger partial charge in [0.25, 0.3) is 0 Å². The van der Waals surface area contributed by atoms with E-state index in [9.17, 15) is 4.79 Å². The third-order valence-electron chi connectivity index (χ3n) is 4.34. The summed E-state index contributed by atoms with van der Waals surface area (Å²) >= 11 is 0. The molecule has 3 nitrogen and oxygen atoms in total. The lowest BCUT2D eigenvalue weighted by atomic mass is 9.85. The lowest BCUT2D eigenvalue weighted by Gasteiger charge is -2.19. The molecule has 110 valence electrons. The highest BCUT2D eigenvalue weighted by Crippen LogP contribution is 2.32. The fourth-order valence-electron chi connectivity index (χ4n) is 3.04. The first-order valence-corrected chi connectivity index (χ1v) is 7.57. The molecule has 1 aromatic rings. The minimum atomic E-state index is -0.171. The Hall–Kier alpha value is -1.51. The molecule has 1 fully saturated rings. The molecule has 1 aliphatic rings. The SMILES string of the molecule is CCC1CN(C(=O)OCc2ccccc2)CC1C(C)C. The van der Waals surface area contributed by atoms with Crippen molar-refractivity contribution in [3.05, 3.63) is 35.9 Å². The van der Waals surface area contributed by atoms with Gasteiger partial charge in [0.1, 0.15) is 6.61 Å². The van der Waals surface area contributed by atoms with Crippen LogP contribution in [0.3, 0.4) is 0 Å². The Morgan fingerprint density at radius 2 is 2.00 bits per heavy atom. The number of hydrogen-bond donors (Lipinski definition) is 0. The predicted molar refractivity (Wildman–Crippen MR) is 80.3 cm³/mol. The minimum Gasteiger partial charge on any atom is -0.445 e. The van der Waals surface area contributed by atoms with Gasteiger partial charge in [-0.25, -0.2) is 4.79 Å². The lowest BCUT2D eigenvalue weighted by Crippen LogP contribution is -2.30. The summed E-state index contributed by atoms with van der Waals surface area (Å²) in [6, 6.07) is 9.83. The Bertz CT molecular complexity index is 430. The van der Waals surface area contributed by atoms with Crippen LogP contribution in [0.4, 0.5) is 4.79 Å². The molecule has 0 bridgehead atoms. The Morgan fingerprint density at radius 1 is 1.30 bits per heavy atom. The zero-order chi connectivity index (χ0) is 14.5. The van der Waals surface area contributed by atoms with Crippen LogP contribution < -0.4 is 0 Å². The Kier molecular flexibility index (Phi) is 5.05. The summed E-state index contributed by atoms with van der Waals surface area (Å²) in [6.07, 6.45) is 0.959. The number of rotatable bonds is 4. The van der Waals surface area contributed by atoms with E-state index in [0.29, 0.717) is 24.4 Å². The molecule has 2 rings (SSSR count). The maximum absolute atomic E-state index is 12.2. The van der Waals surface area contributed by atoms with E-state index in [-0.39, 0.29) is 6.09 Å². The van der Waals surface area contributed by atoms with E-state index in [1.165, 1.54) is 0 Å². The zero-order valence-corrected chi connectivity index (χ0v) is 12.7. The van der Waals surface area contributed by atoms with Crippen molar-refractivity contribution in [2.45, 2.75) is 33.8 Å². The molecule has 20 heavy (non-hydrogen) atoms. The van der Waals surface area contributed by atoms with Gasteiger partial charge in [0, 0.05) is 13.1 Å². The van der Waals surface area contributed by atoms with Crippen molar-refractivity contribution in [3.63, 3.8) is 0 Å². The maximum atomic E-state index is 12.2. The van der Waals surface area contributed by atoms with Crippen molar-refractivity contribution in [2.75, 3.05) is 13.1 Å². The van der Waals surface area contributed by atoms with E-state index in [0.717, 1.165) is 25.1 Å². The molecule has 2 atom stereocenters. The van der Waals surface area contributed by atoms with E-state index >= 15 is 0 Å². The van der Waals surface area contributed by atoms with Crippen molar-refractivity contribution < 1.29 is 9.53 Å².